The Morgan fingerprint density at radius 2 is 2.05 bits per heavy atom. The molecule has 1 amide bonds. The summed E-state index contributed by atoms with van der Waals surface area (Å²) in [7, 11) is 0. The number of benzene rings is 1. The number of aromatic nitrogens is 1. The highest BCUT2D eigenvalue weighted by atomic mass is 16.5. The maximum absolute atomic E-state index is 12.4. The van der Waals surface area contributed by atoms with Gasteiger partial charge in [0.2, 0.25) is 0 Å². The Morgan fingerprint density at radius 1 is 1.27 bits per heavy atom. The molecule has 0 spiro atoms. The fraction of sp³-hybridized carbons (Fsp3) is 0.312. The molecule has 0 aliphatic heterocycles. The van der Waals surface area contributed by atoms with Crippen molar-refractivity contribution >= 4 is 17.6 Å². The van der Waals surface area contributed by atoms with Gasteiger partial charge in [0.25, 0.3) is 5.91 Å². The lowest BCUT2D eigenvalue weighted by atomic mass is 9.96. The second-order valence-corrected chi connectivity index (χ2v) is 5.45. The number of carboxylic acids is 1. The normalized spacial score (nSPS) is 13.5. The molecule has 1 aliphatic carbocycles. The van der Waals surface area contributed by atoms with Crippen molar-refractivity contribution in [1.29, 1.82) is 0 Å². The minimum Gasteiger partial charge on any atom is -0.478 e. The van der Waals surface area contributed by atoms with Gasteiger partial charge in [-0.15, -0.1) is 0 Å². The molecule has 1 heterocycles. The molecule has 0 unspecified atom stereocenters. The molecule has 6 heteroatoms. The highest BCUT2D eigenvalue weighted by Crippen LogP contribution is 2.25. The second-order valence-electron chi connectivity index (χ2n) is 5.45. The van der Waals surface area contributed by atoms with Gasteiger partial charge in [-0.25, -0.2) is 4.79 Å². The summed E-state index contributed by atoms with van der Waals surface area (Å²) in [5, 5.41) is 15.7. The van der Waals surface area contributed by atoms with Crippen LogP contribution in [-0.2, 0) is 12.8 Å². The van der Waals surface area contributed by atoms with E-state index in [9.17, 15) is 14.7 Å². The average molecular weight is 300 g/mol. The summed E-state index contributed by atoms with van der Waals surface area (Å²) in [6.07, 6.45) is 3.59. The Balaban J connectivity index is 1.89. The number of carboxylic acid groups (broad SMARTS) is 1. The van der Waals surface area contributed by atoms with Crippen molar-refractivity contribution in [2.45, 2.75) is 32.6 Å². The molecule has 1 aromatic heterocycles. The summed E-state index contributed by atoms with van der Waals surface area (Å²) in [6, 6.07) is 4.86. The zero-order valence-electron chi connectivity index (χ0n) is 12.2. The van der Waals surface area contributed by atoms with E-state index in [4.69, 9.17) is 4.52 Å². The van der Waals surface area contributed by atoms with Crippen LogP contribution in [-0.4, -0.2) is 22.1 Å². The molecule has 3 rings (SSSR count). The number of rotatable bonds is 3. The van der Waals surface area contributed by atoms with E-state index in [0.29, 0.717) is 0 Å². The lowest BCUT2D eigenvalue weighted by molar-refractivity contribution is 0.0698. The summed E-state index contributed by atoms with van der Waals surface area (Å²) in [4.78, 5) is 23.7. The van der Waals surface area contributed by atoms with Gasteiger partial charge in [-0.2, -0.15) is 0 Å². The highest BCUT2D eigenvalue weighted by Gasteiger charge is 2.24. The molecule has 114 valence electrons. The monoisotopic (exact) mass is 300 g/mol. The first-order chi connectivity index (χ1) is 10.6. The van der Waals surface area contributed by atoms with Gasteiger partial charge < -0.3 is 14.9 Å². The smallest absolute Gasteiger partial charge is 0.337 e. The van der Waals surface area contributed by atoms with Crippen LogP contribution in [0.4, 0.5) is 5.69 Å². The molecule has 2 aromatic rings. The van der Waals surface area contributed by atoms with E-state index in [2.05, 4.69) is 10.5 Å². The number of hydrogen-bond donors (Lipinski definition) is 2. The number of aromatic carboxylic acids is 1. The van der Waals surface area contributed by atoms with Gasteiger partial charge in [-0.05, 0) is 38.3 Å². The Morgan fingerprint density at radius 3 is 2.82 bits per heavy atom. The molecule has 0 saturated heterocycles. The van der Waals surface area contributed by atoms with Crippen molar-refractivity contribution in [3.05, 3.63) is 46.3 Å². The predicted molar refractivity (Wildman–Crippen MR) is 79.2 cm³/mol. The zero-order chi connectivity index (χ0) is 15.7. The van der Waals surface area contributed by atoms with Gasteiger partial charge in [0.05, 0.1) is 11.3 Å². The van der Waals surface area contributed by atoms with Crippen LogP contribution in [0.3, 0.4) is 0 Å². The van der Waals surface area contributed by atoms with Gasteiger partial charge in [-0.3, -0.25) is 4.79 Å². The first-order valence-electron chi connectivity index (χ1n) is 7.19. The van der Waals surface area contributed by atoms with Gasteiger partial charge in [0.15, 0.2) is 5.69 Å². The van der Waals surface area contributed by atoms with Crippen LogP contribution in [0.5, 0.6) is 0 Å². The lowest BCUT2D eigenvalue weighted by Crippen LogP contribution is -2.17. The van der Waals surface area contributed by atoms with Crippen LogP contribution in [0.2, 0.25) is 0 Å². The number of fused-ring (bicyclic) bond motifs is 1. The number of carbonyl (C=O) groups excluding carboxylic acids is 1. The number of anilines is 1. The van der Waals surface area contributed by atoms with E-state index < -0.39 is 11.9 Å². The summed E-state index contributed by atoms with van der Waals surface area (Å²) < 4.78 is 5.22. The van der Waals surface area contributed by atoms with Crippen LogP contribution in [0, 0.1) is 6.92 Å². The maximum atomic E-state index is 12.4. The molecule has 22 heavy (non-hydrogen) atoms. The van der Waals surface area contributed by atoms with E-state index in [0.717, 1.165) is 42.6 Å². The number of nitrogens with one attached hydrogen (secondary N) is 1. The minimum absolute atomic E-state index is 0.0608. The molecule has 0 bridgehead atoms. The fourth-order valence-electron chi connectivity index (χ4n) is 2.69. The number of carbonyl (C=O) groups is 2. The van der Waals surface area contributed by atoms with Crippen molar-refractivity contribution in [1.82, 2.24) is 5.16 Å². The molecule has 0 saturated carbocycles. The summed E-state index contributed by atoms with van der Waals surface area (Å²) in [5.41, 5.74) is 2.23. The van der Waals surface area contributed by atoms with Crippen LogP contribution < -0.4 is 5.32 Å². The Hall–Kier alpha value is -2.63. The largest absolute Gasteiger partial charge is 0.478 e. The van der Waals surface area contributed by atoms with E-state index in [1.807, 2.05) is 0 Å². The molecule has 0 fully saturated rings. The summed E-state index contributed by atoms with van der Waals surface area (Å²) in [5.74, 6) is -0.752. The van der Waals surface area contributed by atoms with Crippen LogP contribution in [0.25, 0.3) is 0 Å². The third kappa shape index (κ3) is 2.59. The highest BCUT2D eigenvalue weighted by molar-refractivity contribution is 6.07. The topological polar surface area (TPSA) is 92.4 Å². The quantitative estimate of drug-likeness (QED) is 0.909. The average Bonchev–Trinajstić information content (AvgIpc) is 2.93. The van der Waals surface area contributed by atoms with Crippen molar-refractivity contribution < 1.29 is 19.2 Å². The maximum Gasteiger partial charge on any atom is 0.337 e. The second kappa shape index (κ2) is 5.63. The summed E-state index contributed by atoms with van der Waals surface area (Å²) in [6.45, 7) is 1.80. The molecular formula is C16H16N2O4. The molecule has 2 N–H and O–H groups in total. The van der Waals surface area contributed by atoms with Gasteiger partial charge in [0, 0.05) is 12.0 Å². The molecule has 1 aliphatic rings. The lowest BCUT2D eigenvalue weighted by Gasteiger charge is -2.11. The molecular weight excluding hydrogens is 284 g/mol. The van der Waals surface area contributed by atoms with E-state index in [1.165, 1.54) is 6.07 Å². The molecule has 0 radical (unpaired) electrons. The Bertz CT molecular complexity index is 749. The molecule has 0 atom stereocenters. The molecule has 1 aromatic carbocycles. The fourth-order valence-corrected chi connectivity index (χ4v) is 2.69. The number of hydrogen-bond acceptors (Lipinski definition) is 4. The van der Waals surface area contributed by atoms with Crippen LogP contribution in [0.15, 0.2) is 22.7 Å². The number of aryl methyl sites for hydroxylation is 2. The van der Waals surface area contributed by atoms with Crippen molar-refractivity contribution in [2.24, 2.45) is 0 Å². The summed E-state index contributed by atoms with van der Waals surface area (Å²) >= 11 is 0. The van der Waals surface area contributed by atoms with Crippen molar-refractivity contribution in [3.8, 4) is 0 Å². The first-order valence-corrected chi connectivity index (χ1v) is 7.19. The van der Waals surface area contributed by atoms with Gasteiger partial charge >= 0.3 is 5.97 Å². The molecule has 6 nitrogen and oxygen atoms in total. The third-order valence-corrected chi connectivity index (χ3v) is 3.82. The predicted octanol–water partition coefficient (Wildman–Crippen LogP) is 2.81. The SMILES string of the molecule is Cc1ccc(NC(=O)c2noc3c2CCCC3)c(C(=O)O)c1. The number of nitrogens with zero attached hydrogens (tertiary/aromatic N) is 1. The standard InChI is InChI=1S/C16H16N2O4/c1-9-6-7-12(11(8-9)16(20)21)17-15(19)14-10-4-2-3-5-13(10)22-18-14/h6-8H,2-5H2,1H3,(H,17,19)(H,20,21). The van der Waals surface area contributed by atoms with E-state index in [-0.39, 0.29) is 16.9 Å². The van der Waals surface area contributed by atoms with Gasteiger partial charge in [-0.1, -0.05) is 16.8 Å². The Kier molecular flexibility index (Phi) is 3.66. The number of amides is 1. The zero-order valence-corrected chi connectivity index (χ0v) is 12.2. The van der Waals surface area contributed by atoms with Crippen LogP contribution >= 0.6 is 0 Å². The van der Waals surface area contributed by atoms with Gasteiger partial charge in [0.1, 0.15) is 5.76 Å². The van der Waals surface area contributed by atoms with Crippen LogP contribution in [0.1, 0.15) is 50.6 Å². The Labute approximate surface area is 127 Å². The minimum atomic E-state index is -1.08. The first kappa shape index (κ1) is 14.3. The van der Waals surface area contributed by atoms with Crippen molar-refractivity contribution in [2.75, 3.05) is 5.32 Å². The van der Waals surface area contributed by atoms with E-state index in [1.54, 1.807) is 19.1 Å². The van der Waals surface area contributed by atoms with Crippen molar-refractivity contribution in [3.63, 3.8) is 0 Å². The third-order valence-electron chi connectivity index (χ3n) is 3.82. The van der Waals surface area contributed by atoms with E-state index >= 15 is 0 Å².